The van der Waals surface area contributed by atoms with Gasteiger partial charge in [-0.3, -0.25) is 4.79 Å². The van der Waals surface area contributed by atoms with Crippen molar-refractivity contribution < 1.29 is 4.79 Å². The topological polar surface area (TPSA) is 49.6 Å². The number of nitrogens with two attached hydrogens (primary N) is 1. The van der Waals surface area contributed by atoms with E-state index < -0.39 is 0 Å². The van der Waals surface area contributed by atoms with E-state index in [1.54, 1.807) is 0 Å². The molecule has 1 aromatic rings. The quantitative estimate of drug-likeness (QED) is 0.844. The lowest BCUT2D eigenvalue weighted by Gasteiger charge is -2.37. The molecule has 2 N–H and O–H groups in total. The van der Waals surface area contributed by atoms with Crippen molar-refractivity contribution in [1.82, 2.24) is 4.90 Å². The summed E-state index contributed by atoms with van der Waals surface area (Å²) in [5, 5.41) is 0. The maximum atomic E-state index is 12.1. The van der Waals surface area contributed by atoms with Crippen LogP contribution in [0.4, 0.5) is 5.69 Å². The Bertz CT molecular complexity index is 479. The Hall–Kier alpha value is -1.55. The fraction of sp³-hybridized carbons (Fsp3) is 0.588. The molecule has 1 aromatic carbocycles. The van der Waals surface area contributed by atoms with E-state index >= 15 is 0 Å². The van der Waals surface area contributed by atoms with E-state index in [0.717, 1.165) is 39.0 Å². The number of unbranched alkanes of at least 4 members (excludes halogenated alkanes) is 1. The van der Waals surface area contributed by atoms with E-state index in [9.17, 15) is 4.79 Å². The second-order valence-electron chi connectivity index (χ2n) is 5.83. The summed E-state index contributed by atoms with van der Waals surface area (Å²) in [6.45, 7) is 8.50. The van der Waals surface area contributed by atoms with Crippen LogP contribution in [-0.2, 0) is 4.79 Å². The van der Waals surface area contributed by atoms with E-state index in [1.165, 1.54) is 16.8 Å². The van der Waals surface area contributed by atoms with Crippen LogP contribution in [0.3, 0.4) is 0 Å². The maximum absolute atomic E-state index is 12.1. The minimum Gasteiger partial charge on any atom is -0.368 e. The van der Waals surface area contributed by atoms with Gasteiger partial charge in [0.25, 0.3) is 0 Å². The lowest BCUT2D eigenvalue weighted by molar-refractivity contribution is -0.131. The van der Waals surface area contributed by atoms with Crippen molar-refractivity contribution in [2.75, 3.05) is 37.6 Å². The van der Waals surface area contributed by atoms with Gasteiger partial charge in [0.15, 0.2) is 0 Å². The van der Waals surface area contributed by atoms with Gasteiger partial charge in [-0.05, 0) is 50.4 Å². The van der Waals surface area contributed by atoms with Crippen molar-refractivity contribution in [1.29, 1.82) is 0 Å². The Morgan fingerprint density at radius 3 is 2.52 bits per heavy atom. The standard InChI is InChI=1S/C17H27N3O/c1-14-6-5-7-16(15(14)2)19-10-12-20(13-11-19)17(21)8-3-4-9-18/h5-7H,3-4,8-13,18H2,1-2H3. The highest BCUT2D eigenvalue weighted by Crippen LogP contribution is 2.24. The normalized spacial score (nSPS) is 15.4. The third-order valence-electron chi connectivity index (χ3n) is 4.39. The molecule has 0 atom stereocenters. The first-order valence-electron chi connectivity index (χ1n) is 7.92. The van der Waals surface area contributed by atoms with Crippen LogP contribution in [0.15, 0.2) is 18.2 Å². The summed E-state index contributed by atoms with van der Waals surface area (Å²) < 4.78 is 0. The van der Waals surface area contributed by atoms with Crippen LogP contribution in [0.25, 0.3) is 0 Å². The fourth-order valence-electron chi connectivity index (χ4n) is 2.85. The van der Waals surface area contributed by atoms with Gasteiger partial charge in [-0.1, -0.05) is 12.1 Å². The second kappa shape index (κ2) is 7.46. The average Bonchev–Trinajstić information content (AvgIpc) is 2.50. The highest BCUT2D eigenvalue weighted by molar-refractivity contribution is 5.76. The van der Waals surface area contributed by atoms with Gasteiger partial charge < -0.3 is 15.5 Å². The summed E-state index contributed by atoms with van der Waals surface area (Å²) in [6.07, 6.45) is 2.49. The van der Waals surface area contributed by atoms with Crippen molar-refractivity contribution in [3.05, 3.63) is 29.3 Å². The first-order chi connectivity index (χ1) is 10.1. The number of hydrogen-bond acceptors (Lipinski definition) is 3. The fourth-order valence-corrected chi connectivity index (χ4v) is 2.85. The predicted octanol–water partition coefficient (Wildman–Crippen LogP) is 2.08. The van der Waals surface area contributed by atoms with Crippen molar-refractivity contribution in [2.24, 2.45) is 5.73 Å². The zero-order chi connectivity index (χ0) is 15.2. The van der Waals surface area contributed by atoms with Gasteiger partial charge in [0.05, 0.1) is 0 Å². The van der Waals surface area contributed by atoms with Crippen molar-refractivity contribution in [3.63, 3.8) is 0 Å². The van der Waals surface area contributed by atoms with Gasteiger partial charge in [0, 0.05) is 38.3 Å². The number of aryl methyl sites for hydroxylation is 1. The molecule has 1 aliphatic rings. The summed E-state index contributed by atoms with van der Waals surface area (Å²) in [7, 11) is 0. The first kappa shape index (κ1) is 15.8. The SMILES string of the molecule is Cc1cccc(N2CCN(C(=O)CCCCN)CC2)c1C. The van der Waals surface area contributed by atoms with Crippen LogP contribution in [-0.4, -0.2) is 43.5 Å². The zero-order valence-corrected chi connectivity index (χ0v) is 13.3. The second-order valence-corrected chi connectivity index (χ2v) is 5.83. The van der Waals surface area contributed by atoms with E-state index in [4.69, 9.17) is 5.73 Å². The highest BCUT2D eigenvalue weighted by Gasteiger charge is 2.21. The molecule has 4 nitrogen and oxygen atoms in total. The third kappa shape index (κ3) is 3.97. The molecule has 0 aliphatic carbocycles. The smallest absolute Gasteiger partial charge is 0.222 e. The van der Waals surface area contributed by atoms with E-state index in [-0.39, 0.29) is 5.91 Å². The molecule has 116 valence electrons. The van der Waals surface area contributed by atoms with Crippen LogP contribution in [0, 0.1) is 13.8 Å². The Kier molecular flexibility index (Phi) is 5.62. The molecule has 2 rings (SSSR count). The van der Waals surface area contributed by atoms with E-state index in [2.05, 4.69) is 36.9 Å². The number of nitrogens with zero attached hydrogens (tertiary/aromatic N) is 2. The van der Waals surface area contributed by atoms with Crippen molar-refractivity contribution in [3.8, 4) is 0 Å². The lowest BCUT2D eigenvalue weighted by Crippen LogP contribution is -2.49. The molecule has 0 radical (unpaired) electrons. The predicted molar refractivity (Wildman–Crippen MR) is 87.6 cm³/mol. The zero-order valence-electron chi connectivity index (χ0n) is 13.3. The Balaban J connectivity index is 1.88. The molecule has 1 aliphatic heterocycles. The average molecular weight is 289 g/mol. The molecule has 1 amide bonds. The van der Waals surface area contributed by atoms with Crippen LogP contribution in [0.1, 0.15) is 30.4 Å². The molecule has 0 saturated carbocycles. The highest BCUT2D eigenvalue weighted by atomic mass is 16.2. The van der Waals surface area contributed by atoms with Crippen LogP contribution in [0.5, 0.6) is 0 Å². The Morgan fingerprint density at radius 1 is 1.14 bits per heavy atom. The molecule has 1 heterocycles. The maximum Gasteiger partial charge on any atom is 0.222 e. The summed E-state index contributed by atoms with van der Waals surface area (Å²) in [5.41, 5.74) is 9.46. The number of hydrogen-bond donors (Lipinski definition) is 1. The molecular formula is C17H27N3O. The molecule has 0 unspecified atom stereocenters. The van der Waals surface area contributed by atoms with E-state index in [0.29, 0.717) is 13.0 Å². The molecule has 0 bridgehead atoms. The van der Waals surface area contributed by atoms with Gasteiger partial charge in [0.1, 0.15) is 0 Å². The van der Waals surface area contributed by atoms with Crippen molar-refractivity contribution >= 4 is 11.6 Å². The van der Waals surface area contributed by atoms with Crippen LogP contribution in [0.2, 0.25) is 0 Å². The Morgan fingerprint density at radius 2 is 1.86 bits per heavy atom. The molecular weight excluding hydrogens is 262 g/mol. The molecule has 0 spiro atoms. The van der Waals surface area contributed by atoms with Crippen LogP contribution >= 0.6 is 0 Å². The van der Waals surface area contributed by atoms with Crippen molar-refractivity contribution in [2.45, 2.75) is 33.1 Å². The summed E-state index contributed by atoms with van der Waals surface area (Å²) in [4.78, 5) is 16.5. The van der Waals surface area contributed by atoms with Crippen LogP contribution < -0.4 is 10.6 Å². The number of piperazine rings is 1. The minimum absolute atomic E-state index is 0.282. The first-order valence-corrected chi connectivity index (χ1v) is 7.92. The number of anilines is 1. The number of benzene rings is 1. The number of amides is 1. The summed E-state index contributed by atoms with van der Waals surface area (Å²) in [6, 6.07) is 6.44. The molecule has 1 saturated heterocycles. The van der Waals surface area contributed by atoms with Gasteiger partial charge in [-0.2, -0.15) is 0 Å². The molecule has 21 heavy (non-hydrogen) atoms. The van der Waals surface area contributed by atoms with Gasteiger partial charge >= 0.3 is 0 Å². The molecule has 0 aromatic heterocycles. The van der Waals surface area contributed by atoms with Gasteiger partial charge in [0.2, 0.25) is 5.91 Å². The number of carbonyl (C=O) groups is 1. The number of carbonyl (C=O) groups excluding carboxylic acids is 1. The lowest BCUT2D eigenvalue weighted by atomic mass is 10.1. The number of rotatable bonds is 5. The minimum atomic E-state index is 0.282. The van der Waals surface area contributed by atoms with Gasteiger partial charge in [-0.15, -0.1) is 0 Å². The largest absolute Gasteiger partial charge is 0.368 e. The summed E-state index contributed by atoms with van der Waals surface area (Å²) >= 11 is 0. The third-order valence-corrected chi connectivity index (χ3v) is 4.39. The molecule has 1 fully saturated rings. The van der Waals surface area contributed by atoms with Gasteiger partial charge in [-0.25, -0.2) is 0 Å². The molecule has 4 heteroatoms. The monoisotopic (exact) mass is 289 g/mol. The summed E-state index contributed by atoms with van der Waals surface area (Å²) in [5.74, 6) is 0.282. The van der Waals surface area contributed by atoms with E-state index in [1.807, 2.05) is 4.90 Å². The Labute approximate surface area is 127 Å².